The molecule has 1 unspecified atom stereocenters. The van der Waals surface area contributed by atoms with Gasteiger partial charge in [-0.25, -0.2) is 9.37 Å². The molecule has 0 spiro atoms. The summed E-state index contributed by atoms with van der Waals surface area (Å²) in [4.78, 5) is 4.71. The summed E-state index contributed by atoms with van der Waals surface area (Å²) in [5.74, 6) is -1.67. The fraction of sp³-hybridized carbons (Fsp3) is 0.375. The first kappa shape index (κ1) is 12.4. The number of rotatable bonds is 4. The molecule has 0 saturated heterocycles. The summed E-state index contributed by atoms with van der Waals surface area (Å²) in [6, 6.07) is 0. The number of nitrogens with zero attached hydrogens (tertiary/aromatic N) is 1. The highest BCUT2D eigenvalue weighted by molar-refractivity contribution is 7.87. The first-order valence-corrected chi connectivity index (χ1v) is 6.14. The molecule has 0 fully saturated rings. The zero-order valence-corrected chi connectivity index (χ0v) is 9.43. The van der Waals surface area contributed by atoms with Crippen molar-refractivity contribution in [2.24, 2.45) is 0 Å². The van der Waals surface area contributed by atoms with Gasteiger partial charge in [0, 0.05) is 23.2 Å². The number of hydrogen-bond acceptors (Lipinski definition) is 3. The summed E-state index contributed by atoms with van der Waals surface area (Å²) in [5.41, 5.74) is 0. The fourth-order valence-electron chi connectivity index (χ4n) is 0.803. The highest BCUT2D eigenvalue weighted by atomic mass is 32.2. The SMILES string of the molecule is Cc1cnc(S(=O)CCC(F)=C(F)F)s1. The molecule has 1 heterocycles. The molecule has 1 rings (SSSR count). The molecule has 0 amide bonds. The second-order valence-electron chi connectivity index (χ2n) is 2.70. The van der Waals surface area contributed by atoms with Crippen LogP contribution in [0.3, 0.4) is 0 Å². The van der Waals surface area contributed by atoms with Gasteiger partial charge in [-0.3, -0.25) is 4.21 Å². The standard InChI is InChI=1S/C8H8F3NOS2/c1-5-4-12-8(14-5)15(13)3-2-6(9)7(10)11/h4H,2-3H2,1H3. The third-order valence-corrected chi connectivity index (χ3v) is 4.09. The van der Waals surface area contributed by atoms with Crippen LogP contribution in [-0.4, -0.2) is 14.9 Å². The number of thiazole rings is 1. The van der Waals surface area contributed by atoms with E-state index in [-0.39, 0.29) is 5.75 Å². The van der Waals surface area contributed by atoms with Crippen LogP contribution in [0.15, 0.2) is 22.4 Å². The molecular formula is C8H8F3NOS2. The Balaban J connectivity index is 2.54. The fourth-order valence-corrected chi connectivity index (χ4v) is 3.02. The predicted molar refractivity (Wildman–Crippen MR) is 53.1 cm³/mol. The van der Waals surface area contributed by atoms with Gasteiger partial charge in [-0.2, -0.15) is 8.78 Å². The third-order valence-electron chi connectivity index (χ3n) is 1.51. The second kappa shape index (κ2) is 5.41. The molecule has 0 aromatic carbocycles. The molecule has 0 bridgehead atoms. The van der Waals surface area contributed by atoms with Gasteiger partial charge < -0.3 is 0 Å². The first-order valence-electron chi connectivity index (χ1n) is 4.01. The quantitative estimate of drug-likeness (QED) is 0.827. The lowest BCUT2D eigenvalue weighted by Crippen LogP contribution is -1.98. The van der Waals surface area contributed by atoms with Gasteiger partial charge in [0.1, 0.15) is 0 Å². The van der Waals surface area contributed by atoms with Crippen molar-refractivity contribution in [3.05, 3.63) is 23.0 Å². The zero-order valence-electron chi connectivity index (χ0n) is 7.80. The molecule has 0 radical (unpaired) electrons. The van der Waals surface area contributed by atoms with Crippen LogP contribution in [0, 0.1) is 6.92 Å². The first-order chi connectivity index (χ1) is 7.00. The molecule has 15 heavy (non-hydrogen) atoms. The summed E-state index contributed by atoms with van der Waals surface area (Å²) in [6.45, 7) is 1.79. The maximum atomic E-state index is 12.4. The maximum Gasteiger partial charge on any atom is 0.301 e. The molecule has 0 aliphatic carbocycles. The summed E-state index contributed by atoms with van der Waals surface area (Å²) in [6.07, 6.45) is -1.32. The Labute approximate surface area is 91.3 Å². The monoisotopic (exact) mass is 255 g/mol. The van der Waals surface area contributed by atoms with Gasteiger partial charge in [-0.05, 0) is 6.92 Å². The van der Waals surface area contributed by atoms with Crippen molar-refractivity contribution < 1.29 is 17.4 Å². The van der Waals surface area contributed by atoms with E-state index in [4.69, 9.17) is 0 Å². The smallest absolute Gasteiger partial charge is 0.252 e. The maximum absolute atomic E-state index is 12.4. The zero-order chi connectivity index (χ0) is 11.4. The Bertz CT molecular complexity index is 398. The number of halogens is 3. The van der Waals surface area contributed by atoms with Crippen LogP contribution in [0.5, 0.6) is 0 Å². The molecular weight excluding hydrogens is 247 g/mol. The Kier molecular flexibility index (Phi) is 4.46. The number of hydrogen-bond donors (Lipinski definition) is 0. The van der Waals surface area contributed by atoms with E-state index in [1.54, 1.807) is 13.1 Å². The highest BCUT2D eigenvalue weighted by Crippen LogP contribution is 2.19. The molecule has 0 N–H and O–H groups in total. The van der Waals surface area contributed by atoms with E-state index in [0.717, 1.165) is 4.88 Å². The average Bonchev–Trinajstić information content (AvgIpc) is 2.60. The van der Waals surface area contributed by atoms with E-state index in [0.29, 0.717) is 4.34 Å². The van der Waals surface area contributed by atoms with E-state index >= 15 is 0 Å². The molecule has 1 atom stereocenters. The van der Waals surface area contributed by atoms with Crippen molar-refractivity contribution in [1.82, 2.24) is 4.98 Å². The molecule has 0 aliphatic heterocycles. The lowest BCUT2D eigenvalue weighted by molar-refractivity contribution is 0.373. The summed E-state index contributed by atoms with van der Waals surface area (Å²) < 4.78 is 47.5. The van der Waals surface area contributed by atoms with E-state index < -0.39 is 29.1 Å². The molecule has 0 aliphatic rings. The molecule has 0 saturated carbocycles. The molecule has 7 heteroatoms. The summed E-state index contributed by atoms with van der Waals surface area (Å²) in [5, 5.41) is 0. The van der Waals surface area contributed by atoms with E-state index in [1.165, 1.54) is 11.3 Å². The van der Waals surface area contributed by atoms with Gasteiger partial charge >= 0.3 is 6.08 Å². The van der Waals surface area contributed by atoms with Crippen molar-refractivity contribution >= 4 is 22.1 Å². The average molecular weight is 255 g/mol. The van der Waals surface area contributed by atoms with Crippen LogP contribution >= 0.6 is 11.3 Å². The normalized spacial score (nSPS) is 12.5. The number of aromatic nitrogens is 1. The van der Waals surface area contributed by atoms with Crippen LogP contribution in [0.2, 0.25) is 0 Å². The van der Waals surface area contributed by atoms with Crippen molar-refractivity contribution in [3.8, 4) is 0 Å². The molecule has 84 valence electrons. The van der Waals surface area contributed by atoms with Crippen LogP contribution in [0.1, 0.15) is 11.3 Å². The highest BCUT2D eigenvalue weighted by Gasteiger charge is 2.11. The Morgan fingerprint density at radius 1 is 1.53 bits per heavy atom. The van der Waals surface area contributed by atoms with Crippen molar-refractivity contribution in [3.63, 3.8) is 0 Å². The van der Waals surface area contributed by atoms with E-state index in [2.05, 4.69) is 4.98 Å². The van der Waals surface area contributed by atoms with Crippen LogP contribution in [0.25, 0.3) is 0 Å². The summed E-state index contributed by atoms with van der Waals surface area (Å²) in [7, 11) is -1.50. The Morgan fingerprint density at radius 3 is 2.67 bits per heavy atom. The summed E-state index contributed by atoms with van der Waals surface area (Å²) >= 11 is 1.22. The van der Waals surface area contributed by atoms with E-state index in [9.17, 15) is 17.4 Å². The van der Waals surface area contributed by atoms with Crippen LogP contribution in [-0.2, 0) is 10.8 Å². The van der Waals surface area contributed by atoms with Gasteiger partial charge in [-0.1, -0.05) is 0 Å². The van der Waals surface area contributed by atoms with Crippen molar-refractivity contribution in [2.45, 2.75) is 17.7 Å². The van der Waals surface area contributed by atoms with Gasteiger partial charge in [0.25, 0.3) is 0 Å². The minimum atomic E-state index is -2.35. The second-order valence-corrected chi connectivity index (χ2v) is 5.68. The molecule has 1 aromatic rings. The lowest BCUT2D eigenvalue weighted by atomic mass is 10.4. The Hall–Kier alpha value is -0.690. The van der Waals surface area contributed by atoms with E-state index in [1.807, 2.05) is 0 Å². The molecule has 1 aromatic heterocycles. The van der Waals surface area contributed by atoms with Crippen LogP contribution in [0.4, 0.5) is 13.2 Å². The van der Waals surface area contributed by atoms with Gasteiger partial charge in [0.2, 0.25) is 0 Å². The largest absolute Gasteiger partial charge is 0.301 e. The topological polar surface area (TPSA) is 30.0 Å². The van der Waals surface area contributed by atoms with Crippen molar-refractivity contribution in [1.29, 1.82) is 0 Å². The van der Waals surface area contributed by atoms with Crippen molar-refractivity contribution in [2.75, 3.05) is 5.75 Å². The van der Waals surface area contributed by atoms with Crippen LogP contribution < -0.4 is 0 Å². The number of allylic oxidation sites excluding steroid dienone is 1. The molecule has 2 nitrogen and oxygen atoms in total. The predicted octanol–water partition coefficient (Wildman–Crippen LogP) is 3.03. The Morgan fingerprint density at radius 2 is 2.20 bits per heavy atom. The minimum absolute atomic E-state index is 0.171. The number of aryl methyl sites for hydroxylation is 1. The van der Waals surface area contributed by atoms with Gasteiger partial charge in [-0.15, -0.1) is 11.3 Å². The minimum Gasteiger partial charge on any atom is -0.252 e. The lowest BCUT2D eigenvalue weighted by Gasteiger charge is -1.95. The van der Waals surface area contributed by atoms with Gasteiger partial charge in [0.05, 0.1) is 10.8 Å². The van der Waals surface area contributed by atoms with Gasteiger partial charge in [0.15, 0.2) is 10.2 Å². The third kappa shape index (κ3) is 3.75.